The number of benzene rings is 1. The molecule has 7 heteroatoms. The fraction of sp³-hybridized carbons (Fsp3) is 0.412. The van der Waals surface area contributed by atoms with Gasteiger partial charge in [0.05, 0.1) is 23.9 Å². The predicted molar refractivity (Wildman–Crippen MR) is 83.1 cm³/mol. The molecule has 1 aliphatic rings. The van der Waals surface area contributed by atoms with E-state index in [1.165, 1.54) is 6.07 Å². The first kappa shape index (κ1) is 16.5. The third-order valence-electron chi connectivity index (χ3n) is 4.41. The zero-order valence-electron chi connectivity index (χ0n) is 13.0. The Morgan fingerprint density at radius 3 is 2.67 bits per heavy atom. The second-order valence-corrected chi connectivity index (χ2v) is 6.00. The molecule has 2 aromatic rings. The highest BCUT2D eigenvalue weighted by Gasteiger charge is 2.30. The molecule has 1 saturated heterocycles. The maximum Gasteiger partial charge on any atom is 0.416 e. The summed E-state index contributed by atoms with van der Waals surface area (Å²) in [5.41, 5.74) is 1.25. The summed E-state index contributed by atoms with van der Waals surface area (Å²) in [5.74, 6) is 0.298. The van der Waals surface area contributed by atoms with E-state index in [1.807, 2.05) is 6.07 Å². The zero-order valence-corrected chi connectivity index (χ0v) is 13.0. The molecule has 1 aromatic carbocycles. The van der Waals surface area contributed by atoms with E-state index < -0.39 is 11.7 Å². The number of alkyl halides is 3. The van der Waals surface area contributed by atoms with Crippen LogP contribution in [0, 0.1) is 11.3 Å². The lowest BCUT2D eigenvalue weighted by Crippen LogP contribution is -2.33. The lowest BCUT2D eigenvalue weighted by atomic mass is 9.93. The highest BCUT2D eigenvalue weighted by Crippen LogP contribution is 2.33. The Morgan fingerprint density at radius 2 is 2.00 bits per heavy atom. The molecule has 126 valence electrons. The van der Waals surface area contributed by atoms with Crippen LogP contribution in [0.5, 0.6) is 0 Å². The maximum atomic E-state index is 12.8. The smallest absolute Gasteiger partial charge is 0.291 e. The number of halogens is 3. The summed E-state index contributed by atoms with van der Waals surface area (Å²) in [4.78, 5) is 2.10. The minimum absolute atomic E-state index is 0.298. The van der Waals surface area contributed by atoms with Crippen LogP contribution in [0.4, 0.5) is 13.2 Å². The van der Waals surface area contributed by atoms with Crippen LogP contribution in [-0.2, 0) is 6.18 Å². The van der Waals surface area contributed by atoms with Crippen LogP contribution < -0.4 is 0 Å². The van der Waals surface area contributed by atoms with Crippen molar-refractivity contribution in [1.82, 2.24) is 15.1 Å². The Bertz CT molecular complexity index is 737. The van der Waals surface area contributed by atoms with E-state index in [-0.39, 0.29) is 0 Å². The quantitative estimate of drug-likeness (QED) is 0.869. The van der Waals surface area contributed by atoms with Crippen molar-refractivity contribution in [3.63, 3.8) is 0 Å². The van der Waals surface area contributed by atoms with Crippen LogP contribution in [0.25, 0.3) is 11.3 Å². The highest BCUT2D eigenvalue weighted by atomic mass is 19.4. The first-order valence-corrected chi connectivity index (χ1v) is 7.79. The van der Waals surface area contributed by atoms with Gasteiger partial charge in [0.15, 0.2) is 0 Å². The standard InChI is InChI=1S/C17H17F3N4/c18-17(19,20)14-3-1-2-13(10-14)16-11-15(22-23-16)12-4-7-24(8-5-12)9-6-21/h1-3,10-12H,4-5,7-9H2,(H,22,23). The lowest BCUT2D eigenvalue weighted by molar-refractivity contribution is -0.137. The summed E-state index contributed by atoms with van der Waals surface area (Å²) < 4.78 is 38.5. The van der Waals surface area contributed by atoms with Crippen molar-refractivity contribution in [3.05, 3.63) is 41.6 Å². The molecule has 1 aromatic heterocycles. The molecule has 24 heavy (non-hydrogen) atoms. The molecule has 1 aliphatic heterocycles. The third-order valence-corrected chi connectivity index (χ3v) is 4.41. The average Bonchev–Trinajstić information content (AvgIpc) is 3.05. The van der Waals surface area contributed by atoms with Gasteiger partial charge in [0.25, 0.3) is 0 Å². The number of nitrogens with one attached hydrogen (secondary N) is 1. The minimum atomic E-state index is -4.36. The summed E-state index contributed by atoms with van der Waals surface area (Å²) in [6.45, 7) is 2.12. The largest absolute Gasteiger partial charge is 0.416 e. The van der Waals surface area contributed by atoms with Crippen LogP contribution in [0.1, 0.15) is 30.0 Å². The summed E-state index contributed by atoms with van der Waals surface area (Å²) in [6.07, 6.45) is -2.54. The number of aromatic amines is 1. The highest BCUT2D eigenvalue weighted by molar-refractivity contribution is 5.60. The molecule has 0 unspecified atom stereocenters. The third kappa shape index (κ3) is 3.60. The summed E-state index contributed by atoms with van der Waals surface area (Å²) in [7, 11) is 0. The predicted octanol–water partition coefficient (Wildman–Crippen LogP) is 3.80. The van der Waals surface area contributed by atoms with Crippen molar-refractivity contribution in [2.45, 2.75) is 24.9 Å². The number of nitrogens with zero attached hydrogens (tertiary/aromatic N) is 3. The first-order valence-electron chi connectivity index (χ1n) is 7.79. The van der Waals surface area contributed by atoms with Gasteiger partial charge in [-0.25, -0.2) is 0 Å². The van der Waals surface area contributed by atoms with Gasteiger partial charge in [0, 0.05) is 17.2 Å². The van der Waals surface area contributed by atoms with E-state index in [0.717, 1.165) is 43.8 Å². The topological polar surface area (TPSA) is 55.7 Å². The number of hydrogen-bond acceptors (Lipinski definition) is 3. The molecular formula is C17H17F3N4. The minimum Gasteiger partial charge on any atom is -0.291 e. The second kappa shape index (κ2) is 6.65. The van der Waals surface area contributed by atoms with Gasteiger partial charge in [-0.1, -0.05) is 12.1 Å². The molecule has 1 fully saturated rings. The molecule has 0 atom stereocenters. The van der Waals surface area contributed by atoms with Gasteiger partial charge in [-0.3, -0.25) is 10.00 Å². The number of rotatable bonds is 3. The van der Waals surface area contributed by atoms with Crippen molar-refractivity contribution >= 4 is 0 Å². The average molecular weight is 334 g/mol. The van der Waals surface area contributed by atoms with Gasteiger partial charge in [0.2, 0.25) is 0 Å². The van der Waals surface area contributed by atoms with Crippen molar-refractivity contribution in [1.29, 1.82) is 5.26 Å². The summed E-state index contributed by atoms with van der Waals surface area (Å²) >= 11 is 0. The number of piperidine rings is 1. The number of hydrogen-bond donors (Lipinski definition) is 1. The van der Waals surface area contributed by atoms with E-state index in [0.29, 0.717) is 23.7 Å². The molecule has 2 heterocycles. The Hall–Kier alpha value is -2.33. The van der Waals surface area contributed by atoms with Gasteiger partial charge in [-0.05, 0) is 44.1 Å². The Labute approximate surface area is 137 Å². The van der Waals surface area contributed by atoms with E-state index in [2.05, 4.69) is 21.2 Å². The number of nitriles is 1. The van der Waals surface area contributed by atoms with Gasteiger partial charge in [-0.2, -0.15) is 23.5 Å². The molecule has 1 N–H and O–H groups in total. The summed E-state index contributed by atoms with van der Waals surface area (Å²) in [6, 6.07) is 9.19. The fourth-order valence-corrected chi connectivity index (χ4v) is 3.05. The lowest BCUT2D eigenvalue weighted by Gasteiger charge is -2.29. The fourth-order valence-electron chi connectivity index (χ4n) is 3.05. The van der Waals surface area contributed by atoms with Crippen LogP contribution >= 0.6 is 0 Å². The van der Waals surface area contributed by atoms with Crippen molar-refractivity contribution in [3.8, 4) is 17.3 Å². The second-order valence-electron chi connectivity index (χ2n) is 6.00. The van der Waals surface area contributed by atoms with Crippen LogP contribution in [0.3, 0.4) is 0 Å². The van der Waals surface area contributed by atoms with Gasteiger partial charge in [0.1, 0.15) is 0 Å². The van der Waals surface area contributed by atoms with Crippen molar-refractivity contribution in [2.75, 3.05) is 19.6 Å². The molecule has 0 radical (unpaired) electrons. The molecule has 0 amide bonds. The molecule has 3 rings (SSSR count). The number of aromatic nitrogens is 2. The molecule has 0 bridgehead atoms. The molecule has 0 saturated carbocycles. The van der Waals surface area contributed by atoms with Gasteiger partial charge >= 0.3 is 6.18 Å². The first-order chi connectivity index (χ1) is 11.5. The Balaban J connectivity index is 1.74. The normalized spacial score (nSPS) is 16.9. The summed E-state index contributed by atoms with van der Waals surface area (Å²) in [5, 5.41) is 15.9. The Kier molecular flexibility index (Phi) is 4.58. The van der Waals surface area contributed by atoms with E-state index in [1.54, 1.807) is 6.07 Å². The number of H-pyrrole nitrogens is 1. The van der Waals surface area contributed by atoms with E-state index in [4.69, 9.17) is 5.26 Å². The SMILES string of the molecule is N#CCN1CCC(c2cc(-c3cccc(C(F)(F)F)c3)n[nH]2)CC1. The molecule has 4 nitrogen and oxygen atoms in total. The molecular weight excluding hydrogens is 317 g/mol. The van der Waals surface area contributed by atoms with E-state index in [9.17, 15) is 13.2 Å². The van der Waals surface area contributed by atoms with E-state index >= 15 is 0 Å². The van der Waals surface area contributed by atoms with Crippen molar-refractivity contribution < 1.29 is 13.2 Å². The molecule has 0 spiro atoms. The number of likely N-dealkylation sites (tertiary alicyclic amines) is 1. The van der Waals surface area contributed by atoms with Crippen molar-refractivity contribution in [2.24, 2.45) is 0 Å². The maximum absolute atomic E-state index is 12.8. The van der Waals surface area contributed by atoms with Gasteiger partial charge < -0.3 is 0 Å². The van der Waals surface area contributed by atoms with Gasteiger partial charge in [-0.15, -0.1) is 0 Å². The van der Waals surface area contributed by atoms with Crippen LogP contribution in [0.2, 0.25) is 0 Å². The van der Waals surface area contributed by atoms with Crippen LogP contribution in [-0.4, -0.2) is 34.7 Å². The zero-order chi connectivity index (χ0) is 17.2. The Morgan fingerprint density at radius 1 is 1.25 bits per heavy atom. The molecule has 0 aliphatic carbocycles. The monoisotopic (exact) mass is 334 g/mol. The van der Waals surface area contributed by atoms with Crippen LogP contribution in [0.15, 0.2) is 30.3 Å².